The van der Waals surface area contributed by atoms with Crippen molar-refractivity contribution in [3.05, 3.63) is 11.6 Å². The van der Waals surface area contributed by atoms with Gasteiger partial charge in [-0.05, 0) is 49.4 Å². The second kappa shape index (κ2) is 3.69. The number of hydrogen-bond acceptors (Lipinski definition) is 2. The maximum absolute atomic E-state index is 11.8. The Morgan fingerprint density at radius 3 is 2.28 bits per heavy atom. The normalized spacial score (nSPS) is 37.6. The van der Waals surface area contributed by atoms with Crippen LogP contribution in [-0.2, 0) is 9.59 Å². The van der Waals surface area contributed by atoms with Gasteiger partial charge in [0.05, 0.1) is 0 Å². The van der Waals surface area contributed by atoms with E-state index in [4.69, 9.17) is 0 Å². The number of carbonyl (C=O) groups is 2. The van der Waals surface area contributed by atoms with Gasteiger partial charge in [0, 0.05) is 18.2 Å². The summed E-state index contributed by atoms with van der Waals surface area (Å²) in [5, 5.41) is 0. The summed E-state index contributed by atoms with van der Waals surface area (Å²) < 4.78 is 0. The molecule has 3 nitrogen and oxygen atoms in total. The van der Waals surface area contributed by atoms with E-state index in [0.29, 0.717) is 23.5 Å². The highest BCUT2D eigenvalue weighted by Gasteiger charge is 2.53. The van der Waals surface area contributed by atoms with E-state index in [1.165, 1.54) is 30.2 Å². The third-order valence-corrected chi connectivity index (χ3v) is 5.54. The molecule has 4 rings (SSSR count). The van der Waals surface area contributed by atoms with Gasteiger partial charge in [0.25, 0.3) is 11.8 Å². The molecule has 1 heterocycles. The second-order valence-corrected chi connectivity index (χ2v) is 6.87. The van der Waals surface area contributed by atoms with E-state index in [9.17, 15) is 9.59 Å². The molecule has 2 unspecified atom stereocenters. The van der Waals surface area contributed by atoms with Crippen molar-refractivity contribution in [3.63, 3.8) is 0 Å². The zero-order valence-electron chi connectivity index (χ0n) is 11.4. The quantitative estimate of drug-likeness (QED) is 0.703. The first-order valence-electron chi connectivity index (χ1n) is 6.93. The molecule has 18 heavy (non-hydrogen) atoms. The van der Waals surface area contributed by atoms with E-state index in [1.807, 2.05) is 0 Å². The highest BCUT2D eigenvalue weighted by molar-refractivity contribution is 6.15. The summed E-state index contributed by atoms with van der Waals surface area (Å²) in [6.07, 6.45) is 5.18. The van der Waals surface area contributed by atoms with Gasteiger partial charge in [-0.1, -0.05) is 13.8 Å². The molecule has 3 fully saturated rings. The van der Waals surface area contributed by atoms with Crippen LogP contribution >= 0.6 is 0 Å². The summed E-state index contributed by atoms with van der Waals surface area (Å²) in [7, 11) is 0. The summed E-state index contributed by atoms with van der Waals surface area (Å²) in [6, 6.07) is 0. The fourth-order valence-corrected chi connectivity index (χ4v) is 4.04. The van der Waals surface area contributed by atoms with Crippen molar-refractivity contribution >= 4 is 11.8 Å². The van der Waals surface area contributed by atoms with Crippen molar-refractivity contribution in [3.8, 4) is 0 Å². The van der Waals surface area contributed by atoms with Gasteiger partial charge >= 0.3 is 0 Å². The molecular weight excluding hydrogens is 226 g/mol. The summed E-state index contributed by atoms with van der Waals surface area (Å²) in [5.41, 5.74) is 1.07. The van der Waals surface area contributed by atoms with Gasteiger partial charge in [0.2, 0.25) is 0 Å². The van der Waals surface area contributed by atoms with Gasteiger partial charge in [-0.3, -0.25) is 14.5 Å². The summed E-state index contributed by atoms with van der Waals surface area (Å²) in [5.74, 6) is 1.91. The van der Waals surface area contributed by atoms with Crippen LogP contribution in [0.5, 0.6) is 0 Å². The number of nitrogens with zero attached hydrogens (tertiary/aromatic N) is 1. The molecule has 0 radical (unpaired) electrons. The van der Waals surface area contributed by atoms with Crippen molar-refractivity contribution in [2.24, 2.45) is 23.2 Å². The second-order valence-electron chi connectivity index (χ2n) is 6.87. The van der Waals surface area contributed by atoms with Gasteiger partial charge in [-0.25, -0.2) is 0 Å². The lowest BCUT2D eigenvalue weighted by Gasteiger charge is -2.59. The van der Waals surface area contributed by atoms with Crippen LogP contribution in [0.1, 0.15) is 40.0 Å². The third kappa shape index (κ3) is 1.56. The van der Waals surface area contributed by atoms with Gasteiger partial charge < -0.3 is 0 Å². The molecule has 3 aliphatic carbocycles. The predicted molar refractivity (Wildman–Crippen MR) is 68.6 cm³/mol. The van der Waals surface area contributed by atoms with E-state index in [0.717, 1.165) is 11.8 Å². The maximum atomic E-state index is 11.8. The first kappa shape index (κ1) is 11.9. The van der Waals surface area contributed by atoms with E-state index in [2.05, 4.69) is 13.8 Å². The Labute approximate surface area is 108 Å². The van der Waals surface area contributed by atoms with Crippen LogP contribution < -0.4 is 0 Å². The third-order valence-electron chi connectivity index (χ3n) is 5.54. The molecule has 98 valence electrons. The first-order valence-corrected chi connectivity index (χ1v) is 6.93. The van der Waals surface area contributed by atoms with Crippen LogP contribution in [0.15, 0.2) is 11.6 Å². The molecule has 2 atom stereocenters. The maximum Gasteiger partial charge on any atom is 0.256 e. The average Bonchev–Trinajstić information content (AvgIpc) is 2.56. The number of imide groups is 1. The van der Waals surface area contributed by atoms with Crippen molar-refractivity contribution < 1.29 is 9.59 Å². The minimum atomic E-state index is -0.115. The molecule has 2 amide bonds. The molecule has 4 aliphatic rings. The molecule has 0 aromatic heterocycles. The molecule has 1 aliphatic heterocycles. The lowest BCUT2D eigenvalue weighted by molar-refractivity contribution is -0.141. The van der Waals surface area contributed by atoms with Gasteiger partial charge in [-0.2, -0.15) is 0 Å². The lowest BCUT2D eigenvalue weighted by atomic mass is 9.47. The first-order chi connectivity index (χ1) is 8.39. The van der Waals surface area contributed by atoms with Crippen LogP contribution in [0.2, 0.25) is 0 Å². The number of hydrogen-bond donors (Lipinski definition) is 0. The van der Waals surface area contributed by atoms with Gasteiger partial charge in [-0.15, -0.1) is 0 Å². The minimum absolute atomic E-state index is 0.0847. The summed E-state index contributed by atoms with van der Waals surface area (Å²) in [4.78, 5) is 25.0. The zero-order chi connectivity index (χ0) is 13.1. The largest absolute Gasteiger partial charge is 0.275 e. The van der Waals surface area contributed by atoms with Gasteiger partial charge in [0.15, 0.2) is 0 Å². The predicted octanol–water partition coefficient (Wildman–Crippen LogP) is 2.37. The Morgan fingerprint density at radius 2 is 1.83 bits per heavy atom. The van der Waals surface area contributed by atoms with Crippen molar-refractivity contribution in [1.82, 2.24) is 4.90 Å². The van der Waals surface area contributed by atoms with E-state index >= 15 is 0 Å². The molecule has 0 spiro atoms. The van der Waals surface area contributed by atoms with Crippen molar-refractivity contribution in [1.29, 1.82) is 0 Å². The monoisotopic (exact) mass is 247 g/mol. The van der Waals surface area contributed by atoms with E-state index in [-0.39, 0.29) is 11.8 Å². The fourth-order valence-electron chi connectivity index (χ4n) is 4.04. The Kier molecular flexibility index (Phi) is 2.45. The van der Waals surface area contributed by atoms with E-state index in [1.54, 1.807) is 6.92 Å². The van der Waals surface area contributed by atoms with Crippen LogP contribution in [-0.4, -0.2) is 23.3 Å². The van der Waals surface area contributed by atoms with Crippen molar-refractivity contribution in [2.45, 2.75) is 40.0 Å². The highest BCUT2D eigenvalue weighted by Crippen LogP contribution is 2.60. The molecule has 3 heteroatoms. The highest BCUT2D eigenvalue weighted by atomic mass is 16.2. The summed E-state index contributed by atoms with van der Waals surface area (Å²) in [6.45, 7) is 7.08. The van der Waals surface area contributed by atoms with Crippen LogP contribution in [0, 0.1) is 23.2 Å². The molecule has 2 bridgehead atoms. The Bertz CT molecular complexity index is 435. The minimum Gasteiger partial charge on any atom is -0.275 e. The zero-order valence-corrected chi connectivity index (χ0v) is 11.4. The van der Waals surface area contributed by atoms with Crippen molar-refractivity contribution in [2.75, 3.05) is 6.54 Å². The Hall–Kier alpha value is -1.12. The molecule has 3 saturated carbocycles. The molecule has 0 aromatic rings. The SMILES string of the molecule is CC1=CC(=O)N(CC2CC3CC(C2)C3(C)C)C1=O. The Balaban J connectivity index is 1.63. The Morgan fingerprint density at radius 1 is 1.22 bits per heavy atom. The molecule has 0 saturated heterocycles. The molecule has 0 N–H and O–H groups in total. The lowest BCUT2D eigenvalue weighted by Crippen LogP contribution is -2.52. The topological polar surface area (TPSA) is 37.4 Å². The smallest absolute Gasteiger partial charge is 0.256 e. The van der Waals surface area contributed by atoms with Crippen LogP contribution in [0.4, 0.5) is 0 Å². The summed E-state index contributed by atoms with van der Waals surface area (Å²) >= 11 is 0. The number of amides is 2. The number of fused-ring (bicyclic) bond motifs is 2. The standard InChI is InChI=1S/C15H21NO2/c1-9-4-13(17)16(14(9)18)8-10-5-11-7-12(6-10)15(11,2)3/h4,10-12H,5-8H2,1-3H3. The number of rotatable bonds is 2. The van der Waals surface area contributed by atoms with Gasteiger partial charge in [0.1, 0.15) is 0 Å². The van der Waals surface area contributed by atoms with Crippen LogP contribution in [0.3, 0.4) is 0 Å². The molecular formula is C15H21NO2. The van der Waals surface area contributed by atoms with E-state index < -0.39 is 0 Å². The molecule has 0 aromatic carbocycles. The fraction of sp³-hybridized carbons (Fsp3) is 0.733. The average molecular weight is 247 g/mol. The number of carbonyl (C=O) groups excluding carboxylic acids is 2. The van der Waals surface area contributed by atoms with Crippen LogP contribution in [0.25, 0.3) is 0 Å².